The number of carbonyl (C=O) groups is 1. The summed E-state index contributed by atoms with van der Waals surface area (Å²) in [5.41, 5.74) is -1.33. The lowest BCUT2D eigenvalue weighted by Gasteiger charge is -2.57. The van der Waals surface area contributed by atoms with Crippen LogP contribution in [0.1, 0.15) is 78.6 Å². The highest BCUT2D eigenvalue weighted by Crippen LogP contribution is 2.43. The van der Waals surface area contributed by atoms with E-state index in [4.69, 9.17) is 4.74 Å². The van der Waals surface area contributed by atoms with Gasteiger partial charge >= 0.3 is 10.9 Å². The van der Waals surface area contributed by atoms with Crippen molar-refractivity contribution < 1.29 is 27.5 Å². The standard InChI is InChI=1S/C30H45N5O6S/c1-4-5-18-34-21-22-12-10-19-33-20-11-15-24(27(22)33)25(34)16-9-17-26(36)31-30(2,3)40-28-29(35(37)41-32-28)42(38,39)23-13-7-6-8-14-23/h6-8,13-14,22,24-25,27H,4-5,9-12,15-21H2,1-3H3,(H,31,36). The molecule has 1 aromatic heterocycles. The summed E-state index contributed by atoms with van der Waals surface area (Å²) in [4.78, 5) is 18.2. The second-order valence-electron chi connectivity index (χ2n) is 12.6. The molecule has 3 aliphatic rings. The minimum Gasteiger partial charge on any atom is -0.428 e. The number of aromatic nitrogens is 2. The number of sulfone groups is 1. The summed E-state index contributed by atoms with van der Waals surface area (Å²) < 4.78 is 36.5. The van der Waals surface area contributed by atoms with E-state index < -0.39 is 26.5 Å². The fourth-order valence-corrected chi connectivity index (χ4v) is 8.73. The van der Waals surface area contributed by atoms with E-state index in [1.165, 1.54) is 70.3 Å². The number of hydrogen-bond donors (Lipinski definition) is 1. The fourth-order valence-electron chi connectivity index (χ4n) is 7.45. The second-order valence-corrected chi connectivity index (χ2v) is 14.4. The summed E-state index contributed by atoms with van der Waals surface area (Å²) in [6, 6.07) is 8.68. The molecule has 42 heavy (non-hydrogen) atoms. The monoisotopic (exact) mass is 603 g/mol. The number of amides is 1. The zero-order chi connectivity index (χ0) is 29.9. The predicted molar refractivity (Wildman–Crippen MR) is 155 cm³/mol. The van der Waals surface area contributed by atoms with Gasteiger partial charge in [-0.3, -0.25) is 19.2 Å². The van der Waals surface area contributed by atoms with Gasteiger partial charge < -0.3 is 15.3 Å². The first-order valence-electron chi connectivity index (χ1n) is 15.5. The lowest BCUT2D eigenvalue weighted by Crippen LogP contribution is -2.64. The minimum atomic E-state index is -4.26. The zero-order valence-electron chi connectivity index (χ0n) is 25.0. The molecule has 1 N–H and O–H groups in total. The van der Waals surface area contributed by atoms with Crippen molar-refractivity contribution in [1.29, 1.82) is 0 Å². The normalized spacial score (nSPS) is 25.1. The van der Waals surface area contributed by atoms with Crippen LogP contribution in [0.5, 0.6) is 5.88 Å². The summed E-state index contributed by atoms with van der Waals surface area (Å²) in [5, 5.41) is 17.9. The fraction of sp³-hybridized carbons (Fsp3) is 0.700. The molecular weight excluding hydrogens is 558 g/mol. The molecule has 3 aliphatic heterocycles. The van der Waals surface area contributed by atoms with E-state index in [9.17, 15) is 18.4 Å². The molecule has 3 fully saturated rings. The van der Waals surface area contributed by atoms with Gasteiger partial charge in [-0.15, -0.1) is 0 Å². The van der Waals surface area contributed by atoms with Gasteiger partial charge in [-0.05, 0) is 107 Å². The Labute approximate surface area is 249 Å². The number of piperidine rings is 3. The Morgan fingerprint density at radius 1 is 1.19 bits per heavy atom. The molecule has 1 aromatic carbocycles. The highest BCUT2D eigenvalue weighted by molar-refractivity contribution is 7.91. The maximum Gasteiger partial charge on any atom is 0.417 e. The highest BCUT2D eigenvalue weighted by Gasteiger charge is 2.48. The number of benzene rings is 1. The molecule has 4 heterocycles. The Morgan fingerprint density at radius 2 is 1.93 bits per heavy atom. The van der Waals surface area contributed by atoms with E-state index >= 15 is 0 Å². The third-order valence-electron chi connectivity index (χ3n) is 9.13. The first kappa shape index (κ1) is 30.7. The van der Waals surface area contributed by atoms with Gasteiger partial charge in [-0.1, -0.05) is 31.5 Å². The molecule has 0 saturated carbocycles. The van der Waals surface area contributed by atoms with Crippen molar-refractivity contribution in [2.24, 2.45) is 11.8 Å². The van der Waals surface area contributed by atoms with Gasteiger partial charge in [0, 0.05) is 25.0 Å². The third-order valence-corrected chi connectivity index (χ3v) is 10.9. The van der Waals surface area contributed by atoms with Crippen LogP contribution in [0.15, 0.2) is 44.9 Å². The Balaban J connectivity index is 1.20. The van der Waals surface area contributed by atoms with E-state index in [1.807, 2.05) is 0 Å². The quantitative estimate of drug-likeness (QED) is 0.286. The Morgan fingerprint density at radius 3 is 2.67 bits per heavy atom. The Bertz CT molecular complexity index is 1310. The first-order valence-corrected chi connectivity index (χ1v) is 17.0. The summed E-state index contributed by atoms with van der Waals surface area (Å²) >= 11 is 0. The van der Waals surface area contributed by atoms with Gasteiger partial charge in [0.1, 0.15) is 0 Å². The zero-order valence-corrected chi connectivity index (χ0v) is 25.9. The number of nitrogens with zero attached hydrogens (tertiary/aromatic N) is 4. The molecule has 11 nitrogen and oxygen atoms in total. The molecule has 12 heteroatoms. The van der Waals surface area contributed by atoms with E-state index in [0.29, 0.717) is 24.4 Å². The number of hydrogen-bond acceptors (Lipinski definition) is 9. The number of nitrogens with one attached hydrogen (secondary N) is 1. The largest absolute Gasteiger partial charge is 0.428 e. The molecule has 2 aromatic rings. The van der Waals surface area contributed by atoms with Crippen molar-refractivity contribution in [2.75, 3.05) is 26.2 Å². The van der Waals surface area contributed by atoms with Crippen molar-refractivity contribution in [1.82, 2.24) is 20.3 Å². The molecular formula is C30H45N5O6S. The van der Waals surface area contributed by atoms with E-state index in [-0.39, 0.29) is 15.7 Å². The van der Waals surface area contributed by atoms with Crippen LogP contribution in [0, 0.1) is 17.0 Å². The van der Waals surface area contributed by atoms with Crippen molar-refractivity contribution in [3.05, 3.63) is 35.5 Å². The molecule has 5 rings (SSSR count). The van der Waals surface area contributed by atoms with Crippen LogP contribution in [0.2, 0.25) is 0 Å². The smallest absolute Gasteiger partial charge is 0.417 e. The van der Waals surface area contributed by atoms with Crippen LogP contribution in [0.3, 0.4) is 0 Å². The van der Waals surface area contributed by atoms with Crippen LogP contribution in [0.25, 0.3) is 0 Å². The lowest BCUT2D eigenvalue weighted by molar-refractivity contribution is -0.832. The summed E-state index contributed by atoms with van der Waals surface area (Å²) in [7, 11) is -4.26. The van der Waals surface area contributed by atoms with E-state index in [2.05, 4.69) is 31.8 Å². The summed E-state index contributed by atoms with van der Waals surface area (Å²) in [5.74, 6) is 0.714. The minimum absolute atomic E-state index is 0.0965. The number of carbonyl (C=O) groups excluding carboxylic acids is 1. The number of rotatable bonds is 12. The van der Waals surface area contributed by atoms with Gasteiger partial charge in [0.25, 0.3) is 9.84 Å². The molecule has 0 radical (unpaired) electrons. The van der Waals surface area contributed by atoms with Crippen molar-refractivity contribution in [3.63, 3.8) is 0 Å². The van der Waals surface area contributed by atoms with Crippen LogP contribution in [0.4, 0.5) is 0 Å². The van der Waals surface area contributed by atoms with Gasteiger partial charge in [-0.25, -0.2) is 8.42 Å². The topological polar surface area (TPSA) is 132 Å². The Kier molecular flexibility index (Phi) is 9.44. The molecule has 4 unspecified atom stereocenters. The SMILES string of the molecule is CCCCN1CC2CCCN3CCCC(C1CCCC(=O)NC(C)(C)Oc1no[n+]([O-])c1S(=O)(=O)c1ccccc1)C23. The van der Waals surface area contributed by atoms with Crippen LogP contribution >= 0.6 is 0 Å². The lowest BCUT2D eigenvalue weighted by atomic mass is 9.69. The number of likely N-dealkylation sites (tertiary alicyclic amines) is 1. The first-order chi connectivity index (χ1) is 20.1. The Hall–Kier alpha value is -2.70. The molecule has 0 spiro atoms. The average molecular weight is 604 g/mol. The predicted octanol–water partition coefficient (Wildman–Crippen LogP) is 3.52. The molecule has 232 valence electrons. The number of unbranched alkanes of at least 4 members (excludes halogenated alkanes) is 1. The third kappa shape index (κ3) is 6.60. The maximum absolute atomic E-state index is 13.1. The highest BCUT2D eigenvalue weighted by atomic mass is 32.2. The molecule has 0 bridgehead atoms. The second kappa shape index (κ2) is 12.9. The molecule has 0 aliphatic carbocycles. The van der Waals surface area contributed by atoms with E-state index in [0.717, 1.165) is 25.3 Å². The maximum atomic E-state index is 13.1. The molecule has 3 saturated heterocycles. The van der Waals surface area contributed by atoms with Gasteiger partial charge in [0.15, 0.2) is 5.72 Å². The number of ether oxygens (including phenoxy) is 1. The van der Waals surface area contributed by atoms with E-state index in [1.54, 1.807) is 32.0 Å². The summed E-state index contributed by atoms with van der Waals surface area (Å²) in [6.45, 7) is 10.2. The average Bonchev–Trinajstić information content (AvgIpc) is 3.33. The van der Waals surface area contributed by atoms with Crippen LogP contribution in [-0.4, -0.2) is 73.3 Å². The van der Waals surface area contributed by atoms with Gasteiger partial charge in [-0.2, -0.15) is 0 Å². The molecule has 4 atom stereocenters. The molecule has 1 amide bonds. The van der Waals surface area contributed by atoms with Gasteiger partial charge in [0.2, 0.25) is 5.91 Å². The van der Waals surface area contributed by atoms with Crippen LogP contribution in [-0.2, 0) is 14.6 Å². The van der Waals surface area contributed by atoms with Gasteiger partial charge in [0.05, 0.1) is 10.1 Å². The van der Waals surface area contributed by atoms with Crippen molar-refractivity contribution >= 4 is 15.7 Å². The van der Waals surface area contributed by atoms with Crippen molar-refractivity contribution in [2.45, 2.75) is 106 Å². The van der Waals surface area contributed by atoms with Crippen LogP contribution < -0.4 is 15.0 Å². The van der Waals surface area contributed by atoms with Crippen molar-refractivity contribution in [3.8, 4) is 5.88 Å². The summed E-state index contributed by atoms with van der Waals surface area (Å²) in [6.07, 6.45) is 9.58.